The maximum atomic E-state index is 13.8. The first kappa shape index (κ1) is 37.5. The van der Waals surface area contributed by atoms with E-state index in [1.54, 1.807) is 42.5 Å². The molecule has 1 atom stereocenters. The topological polar surface area (TPSA) is 206 Å². The molecule has 0 amide bonds. The zero-order valence-corrected chi connectivity index (χ0v) is 30.4. The summed E-state index contributed by atoms with van der Waals surface area (Å²) in [6, 6.07) is 13.1. The van der Waals surface area contributed by atoms with Crippen LogP contribution in [0.15, 0.2) is 66.0 Å². The van der Waals surface area contributed by atoms with Crippen LogP contribution in [0.5, 0.6) is 23.1 Å². The maximum absolute atomic E-state index is 13.8. The molecular formula is C35H41N9O7S. The molecule has 1 unspecified atom stereocenters. The average molecular weight is 732 g/mol. The number of aromatic nitrogens is 8. The van der Waals surface area contributed by atoms with E-state index in [9.17, 15) is 13.2 Å². The Morgan fingerprint density at radius 1 is 0.981 bits per heavy atom. The number of carbonyl (C=O) groups is 1. The molecule has 4 aromatic heterocycles. The first-order valence-electron chi connectivity index (χ1n) is 16.8. The van der Waals surface area contributed by atoms with E-state index in [4.69, 9.17) is 18.9 Å². The zero-order chi connectivity index (χ0) is 37.1. The van der Waals surface area contributed by atoms with Crippen molar-refractivity contribution in [1.29, 1.82) is 0 Å². The molecule has 17 heteroatoms. The Morgan fingerprint density at radius 3 is 2.48 bits per heavy atom. The second kappa shape index (κ2) is 17.5. The normalized spacial score (nSPS) is 12.0. The summed E-state index contributed by atoms with van der Waals surface area (Å²) in [6.45, 7) is 7.99. The minimum Gasteiger partial charge on any atom is -0.493 e. The molecule has 0 bridgehead atoms. The van der Waals surface area contributed by atoms with Crippen LogP contribution in [-0.2, 0) is 19.6 Å². The van der Waals surface area contributed by atoms with Crippen molar-refractivity contribution >= 4 is 21.8 Å². The lowest BCUT2D eigenvalue weighted by Gasteiger charge is -2.18. The van der Waals surface area contributed by atoms with Crippen LogP contribution in [0, 0.1) is 5.92 Å². The number of carbonyl (C=O) groups excluding carboxylic acids is 1. The summed E-state index contributed by atoms with van der Waals surface area (Å²) in [5, 5.41) is 13.7. The predicted octanol–water partition coefficient (Wildman–Crippen LogP) is 5.98. The van der Waals surface area contributed by atoms with E-state index in [1.807, 2.05) is 13.8 Å². The number of para-hydroxylation sites is 2. The minimum atomic E-state index is -4.33. The Balaban J connectivity index is 1.54. The Hall–Kier alpha value is -5.71. The van der Waals surface area contributed by atoms with Crippen molar-refractivity contribution in [2.24, 2.45) is 5.92 Å². The second-order valence-electron chi connectivity index (χ2n) is 12.1. The lowest BCUT2D eigenvalue weighted by atomic mass is 10.0. The number of sulfonamides is 1. The number of nitrogens with one attached hydrogen (secondary N) is 2. The van der Waals surface area contributed by atoms with E-state index in [0.717, 1.165) is 24.8 Å². The SMILES string of the molecule is CCC(C)CCCC(=O)OCCOc1nc(-c2ccnc(-c3nn[nH]n3)c2)nc(NS(=O)(=O)c2ccc(C(C)C)cn2)c1Oc1ccccc1OC. The van der Waals surface area contributed by atoms with Gasteiger partial charge in [-0.2, -0.15) is 18.6 Å². The molecule has 0 aliphatic rings. The summed E-state index contributed by atoms with van der Waals surface area (Å²) in [7, 11) is -2.86. The van der Waals surface area contributed by atoms with Crippen molar-refractivity contribution in [2.75, 3.05) is 25.0 Å². The number of tetrazole rings is 1. The molecule has 1 aromatic carbocycles. The molecule has 5 rings (SSSR count). The standard InChI is InChI=1S/C35H41N9O7S/c1-6-23(4)10-9-13-30(45)49-18-19-50-35-31(51-28-12-8-7-11-27(28)48-5)34(42-52(46,47)29-15-14-25(21-37-29)22(2)3)38-32(39-35)24-16-17-36-26(20-24)33-40-43-44-41-33/h7-8,11-12,14-17,20-23H,6,9-10,13,18-19H2,1-5H3,(H,38,39,42)(H,40,41,43,44). The van der Waals surface area contributed by atoms with Crippen LogP contribution < -0.4 is 18.9 Å². The van der Waals surface area contributed by atoms with Crippen molar-refractivity contribution in [2.45, 2.75) is 64.3 Å². The number of hydrogen-bond acceptors (Lipinski definition) is 14. The molecule has 0 fully saturated rings. The summed E-state index contributed by atoms with van der Waals surface area (Å²) in [4.78, 5) is 30.1. The number of anilines is 1. The highest BCUT2D eigenvalue weighted by Crippen LogP contribution is 2.41. The van der Waals surface area contributed by atoms with Gasteiger partial charge >= 0.3 is 5.97 Å². The third-order valence-electron chi connectivity index (χ3n) is 8.00. The molecule has 0 radical (unpaired) electrons. The lowest BCUT2D eigenvalue weighted by molar-refractivity contribution is -0.144. The molecule has 0 aliphatic heterocycles. The van der Waals surface area contributed by atoms with Gasteiger partial charge in [-0.15, -0.1) is 10.2 Å². The number of nitrogens with zero attached hydrogens (tertiary/aromatic N) is 7. The number of H-pyrrole nitrogens is 1. The molecule has 274 valence electrons. The summed E-state index contributed by atoms with van der Waals surface area (Å²) < 4.78 is 53.4. The van der Waals surface area contributed by atoms with E-state index < -0.39 is 10.0 Å². The highest BCUT2D eigenvalue weighted by atomic mass is 32.2. The fourth-order valence-corrected chi connectivity index (χ4v) is 5.77. The summed E-state index contributed by atoms with van der Waals surface area (Å²) in [6.07, 6.45) is 5.97. The van der Waals surface area contributed by atoms with Crippen LogP contribution in [0.3, 0.4) is 0 Å². The lowest BCUT2D eigenvalue weighted by Crippen LogP contribution is -2.18. The largest absolute Gasteiger partial charge is 0.493 e. The van der Waals surface area contributed by atoms with Crippen LogP contribution in [0.25, 0.3) is 22.9 Å². The van der Waals surface area contributed by atoms with Crippen molar-refractivity contribution in [3.63, 3.8) is 0 Å². The first-order valence-corrected chi connectivity index (χ1v) is 18.3. The van der Waals surface area contributed by atoms with Crippen LogP contribution in [-0.4, -0.2) is 75.3 Å². The molecule has 5 aromatic rings. The second-order valence-corrected chi connectivity index (χ2v) is 13.7. The van der Waals surface area contributed by atoms with Gasteiger partial charge in [0, 0.05) is 24.4 Å². The van der Waals surface area contributed by atoms with Gasteiger partial charge in [0.15, 0.2) is 28.2 Å². The number of pyridine rings is 2. The molecule has 52 heavy (non-hydrogen) atoms. The molecule has 16 nitrogen and oxygen atoms in total. The quantitative estimate of drug-likeness (QED) is 0.0786. The first-order chi connectivity index (χ1) is 25.1. The van der Waals surface area contributed by atoms with Gasteiger partial charge < -0.3 is 18.9 Å². The molecule has 0 aliphatic carbocycles. The fourth-order valence-electron chi connectivity index (χ4n) is 4.83. The molecular weight excluding hydrogens is 691 g/mol. The fraction of sp³-hybridized carbons (Fsp3) is 0.371. The van der Waals surface area contributed by atoms with Gasteiger partial charge in [-0.05, 0) is 59.4 Å². The van der Waals surface area contributed by atoms with E-state index >= 15 is 0 Å². The number of hydrogen-bond donors (Lipinski definition) is 2. The number of aromatic amines is 1. The van der Waals surface area contributed by atoms with Gasteiger partial charge in [0.2, 0.25) is 11.6 Å². The Kier molecular flexibility index (Phi) is 12.6. The van der Waals surface area contributed by atoms with Crippen LogP contribution in [0.4, 0.5) is 5.82 Å². The smallest absolute Gasteiger partial charge is 0.305 e. The highest BCUT2D eigenvalue weighted by molar-refractivity contribution is 7.92. The number of ether oxygens (including phenoxy) is 4. The van der Waals surface area contributed by atoms with Gasteiger partial charge in [0.25, 0.3) is 15.9 Å². The summed E-state index contributed by atoms with van der Waals surface area (Å²) >= 11 is 0. The third-order valence-corrected chi connectivity index (χ3v) is 9.25. The predicted molar refractivity (Wildman–Crippen MR) is 190 cm³/mol. The van der Waals surface area contributed by atoms with Gasteiger partial charge in [-0.3, -0.25) is 14.5 Å². The number of rotatable bonds is 18. The number of esters is 1. The minimum absolute atomic E-state index is 0.0392. The third kappa shape index (κ3) is 9.74. The monoisotopic (exact) mass is 731 g/mol. The summed E-state index contributed by atoms with van der Waals surface area (Å²) in [5.41, 5.74) is 1.63. The van der Waals surface area contributed by atoms with Gasteiger partial charge in [0.05, 0.1) is 7.11 Å². The Morgan fingerprint density at radius 2 is 1.79 bits per heavy atom. The highest BCUT2D eigenvalue weighted by Gasteiger charge is 2.26. The van der Waals surface area contributed by atoms with Crippen molar-refractivity contribution in [1.82, 2.24) is 40.6 Å². The van der Waals surface area contributed by atoms with Gasteiger partial charge in [-0.25, -0.2) is 9.97 Å². The molecule has 0 saturated heterocycles. The van der Waals surface area contributed by atoms with Crippen LogP contribution in [0.2, 0.25) is 0 Å². The van der Waals surface area contributed by atoms with Crippen molar-refractivity contribution in [3.05, 3.63) is 66.5 Å². The van der Waals surface area contributed by atoms with Crippen LogP contribution in [0.1, 0.15) is 64.9 Å². The molecule has 0 saturated carbocycles. The number of methoxy groups -OCH3 is 1. The van der Waals surface area contributed by atoms with Crippen molar-refractivity contribution < 1.29 is 32.2 Å². The van der Waals surface area contributed by atoms with E-state index in [1.165, 1.54) is 25.6 Å². The molecule has 2 N–H and O–H groups in total. The molecule has 0 spiro atoms. The zero-order valence-electron chi connectivity index (χ0n) is 29.6. The average Bonchev–Trinajstić information content (AvgIpc) is 3.70. The molecule has 4 heterocycles. The number of benzene rings is 1. The van der Waals surface area contributed by atoms with E-state index in [2.05, 4.69) is 59.1 Å². The van der Waals surface area contributed by atoms with Crippen molar-refractivity contribution in [3.8, 4) is 46.0 Å². The summed E-state index contributed by atoms with van der Waals surface area (Å²) in [5.74, 6) is 0.556. The Bertz CT molecular complexity index is 2040. The van der Waals surface area contributed by atoms with Gasteiger partial charge in [0.1, 0.15) is 18.9 Å². The van der Waals surface area contributed by atoms with E-state index in [-0.39, 0.29) is 71.4 Å². The van der Waals surface area contributed by atoms with Gasteiger partial charge in [-0.1, -0.05) is 58.7 Å². The Labute approximate surface area is 301 Å². The van der Waals surface area contributed by atoms with E-state index in [0.29, 0.717) is 22.9 Å². The maximum Gasteiger partial charge on any atom is 0.305 e. The van der Waals surface area contributed by atoms with Crippen LogP contribution >= 0.6 is 0 Å².